The number of fused-ring (bicyclic) bond motifs is 1. The van der Waals surface area contributed by atoms with Crippen molar-refractivity contribution in [3.05, 3.63) is 42.3 Å². The van der Waals surface area contributed by atoms with Crippen LogP contribution in [0.25, 0.3) is 10.9 Å². The van der Waals surface area contributed by atoms with Crippen molar-refractivity contribution in [2.75, 3.05) is 0 Å². The van der Waals surface area contributed by atoms with Gasteiger partial charge in [-0.25, -0.2) is 4.39 Å². The largest absolute Gasteiger partial charge is 0.253 e. The maximum atomic E-state index is 12.6. The lowest BCUT2D eigenvalue weighted by atomic mass is 10.2. The van der Waals surface area contributed by atoms with Gasteiger partial charge in [-0.1, -0.05) is 18.2 Å². The molecule has 1 heterocycles. The molecule has 0 spiro atoms. The molecule has 0 saturated carbocycles. The Balaban J connectivity index is 2.83. The van der Waals surface area contributed by atoms with Gasteiger partial charge in [0.25, 0.3) is 0 Å². The molecule has 1 nitrogen and oxygen atoms in total. The molecule has 0 atom stereocenters. The van der Waals surface area contributed by atoms with Crippen molar-refractivity contribution in [2.24, 2.45) is 0 Å². The molecule has 0 radical (unpaired) electrons. The average molecular weight is 147 g/mol. The van der Waals surface area contributed by atoms with Gasteiger partial charge in [-0.3, -0.25) is 4.98 Å². The second-order valence-corrected chi connectivity index (χ2v) is 2.35. The number of para-hydroxylation sites is 1. The van der Waals surface area contributed by atoms with Crippen LogP contribution in [0.15, 0.2) is 36.5 Å². The van der Waals surface area contributed by atoms with Gasteiger partial charge < -0.3 is 0 Å². The van der Waals surface area contributed by atoms with Gasteiger partial charge in [0.2, 0.25) is 0 Å². The fourth-order valence-electron chi connectivity index (χ4n) is 1.04. The highest BCUT2D eigenvalue weighted by Crippen LogP contribution is 2.10. The van der Waals surface area contributed by atoms with Crippen LogP contribution in [0, 0.1) is 5.82 Å². The fraction of sp³-hybridized carbons (Fsp3) is 0. The first-order valence-corrected chi connectivity index (χ1v) is 3.36. The number of rotatable bonds is 0. The van der Waals surface area contributed by atoms with Crippen LogP contribution in [0.4, 0.5) is 4.39 Å². The Hall–Kier alpha value is -1.44. The Kier molecular flexibility index (Phi) is 1.32. The molecule has 0 fully saturated rings. The van der Waals surface area contributed by atoms with E-state index in [1.165, 1.54) is 12.3 Å². The third-order valence-electron chi connectivity index (χ3n) is 1.56. The predicted octanol–water partition coefficient (Wildman–Crippen LogP) is 2.37. The Bertz CT molecular complexity index is 384. The van der Waals surface area contributed by atoms with Gasteiger partial charge in [-0.15, -0.1) is 0 Å². The summed E-state index contributed by atoms with van der Waals surface area (Å²) in [6.07, 6.45) is 1.22. The maximum Gasteiger partial charge on any atom is 0.142 e. The van der Waals surface area contributed by atoms with Crippen LogP contribution in [0.1, 0.15) is 0 Å². The number of pyridine rings is 1. The lowest BCUT2D eigenvalue weighted by Crippen LogP contribution is -1.79. The minimum Gasteiger partial charge on any atom is -0.253 e. The first-order valence-electron chi connectivity index (χ1n) is 3.36. The van der Waals surface area contributed by atoms with Crippen molar-refractivity contribution >= 4 is 10.9 Å². The summed E-state index contributed by atoms with van der Waals surface area (Å²) in [5.41, 5.74) is 0.828. The fourth-order valence-corrected chi connectivity index (χ4v) is 1.04. The minimum atomic E-state index is -0.288. The molecule has 2 aromatic rings. The normalized spacial score (nSPS) is 10.3. The van der Waals surface area contributed by atoms with Crippen LogP contribution >= 0.6 is 0 Å². The molecule has 0 saturated heterocycles. The van der Waals surface area contributed by atoms with E-state index < -0.39 is 0 Å². The minimum absolute atomic E-state index is 0.288. The highest BCUT2D eigenvalue weighted by Gasteiger charge is 1.93. The van der Waals surface area contributed by atoms with E-state index in [0.29, 0.717) is 0 Å². The molecule has 1 aromatic carbocycles. The van der Waals surface area contributed by atoms with Gasteiger partial charge >= 0.3 is 0 Å². The molecule has 2 heteroatoms. The quantitative estimate of drug-likeness (QED) is 0.557. The molecule has 0 unspecified atom stereocenters. The predicted molar refractivity (Wildman–Crippen MR) is 41.7 cm³/mol. The standard InChI is InChI=1S/C9H6FN/c10-8-5-7-3-1-2-4-9(7)11-6-8/h1-6H. The first-order chi connectivity index (χ1) is 5.36. The smallest absolute Gasteiger partial charge is 0.142 e. The molecule has 2 rings (SSSR count). The summed E-state index contributed by atoms with van der Waals surface area (Å²) in [6, 6.07) is 8.92. The molecular formula is C9H6FN. The van der Waals surface area contributed by atoms with Gasteiger partial charge in [0.05, 0.1) is 11.7 Å². The summed E-state index contributed by atoms with van der Waals surface area (Å²) in [7, 11) is 0. The average Bonchev–Trinajstić information content (AvgIpc) is 2.04. The molecule has 0 aliphatic carbocycles. The van der Waals surface area contributed by atoms with Crippen molar-refractivity contribution in [1.29, 1.82) is 0 Å². The summed E-state index contributed by atoms with van der Waals surface area (Å²) < 4.78 is 12.6. The molecule has 54 valence electrons. The van der Waals surface area contributed by atoms with E-state index in [1.807, 2.05) is 24.3 Å². The van der Waals surface area contributed by atoms with Crippen LogP contribution < -0.4 is 0 Å². The van der Waals surface area contributed by atoms with E-state index in [9.17, 15) is 4.39 Å². The summed E-state index contributed by atoms with van der Waals surface area (Å²) >= 11 is 0. The summed E-state index contributed by atoms with van der Waals surface area (Å²) in [6.45, 7) is 0. The SMILES string of the molecule is Fc1cnc2ccccc2c1. The van der Waals surface area contributed by atoms with E-state index in [0.717, 1.165) is 10.9 Å². The topological polar surface area (TPSA) is 12.9 Å². The molecular weight excluding hydrogens is 141 g/mol. The number of hydrogen-bond donors (Lipinski definition) is 0. The van der Waals surface area contributed by atoms with Crippen LogP contribution in [0.2, 0.25) is 0 Å². The number of benzene rings is 1. The van der Waals surface area contributed by atoms with E-state index in [4.69, 9.17) is 0 Å². The molecule has 0 amide bonds. The van der Waals surface area contributed by atoms with E-state index in [1.54, 1.807) is 0 Å². The van der Waals surface area contributed by atoms with Crippen molar-refractivity contribution in [3.8, 4) is 0 Å². The van der Waals surface area contributed by atoms with Crippen LogP contribution in [0.5, 0.6) is 0 Å². The van der Waals surface area contributed by atoms with Crippen molar-refractivity contribution in [3.63, 3.8) is 0 Å². The van der Waals surface area contributed by atoms with Gasteiger partial charge in [-0.2, -0.15) is 0 Å². The van der Waals surface area contributed by atoms with Crippen molar-refractivity contribution < 1.29 is 4.39 Å². The van der Waals surface area contributed by atoms with E-state index >= 15 is 0 Å². The van der Waals surface area contributed by atoms with Crippen LogP contribution in [0.3, 0.4) is 0 Å². The van der Waals surface area contributed by atoms with Crippen LogP contribution in [-0.2, 0) is 0 Å². The summed E-state index contributed by atoms with van der Waals surface area (Å²) in [4.78, 5) is 3.91. The van der Waals surface area contributed by atoms with Crippen molar-refractivity contribution in [2.45, 2.75) is 0 Å². The summed E-state index contributed by atoms with van der Waals surface area (Å²) in [5.74, 6) is -0.288. The summed E-state index contributed by atoms with van der Waals surface area (Å²) in [5, 5.41) is 0.840. The first kappa shape index (κ1) is 6.28. The number of nitrogens with zero attached hydrogens (tertiary/aromatic N) is 1. The van der Waals surface area contributed by atoms with Gasteiger partial charge in [0, 0.05) is 5.39 Å². The number of halogens is 1. The highest BCUT2D eigenvalue weighted by molar-refractivity contribution is 5.77. The second-order valence-electron chi connectivity index (χ2n) is 2.35. The molecule has 0 bridgehead atoms. The zero-order chi connectivity index (χ0) is 7.68. The third-order valence-corrected chi connectivity index (χ3v) is 1.56. The monoisotopic (exact) mass is 147 g/mol. The zero-order valence-electron chi connectivity index (χ0n) is 5.79. The second kappa shape index (κ2) is 2.31. The molecule has 0 aliphatic rings. The van der Waals surface area contributed by atoms with Crippen LogP contribution in [-0.4, -0.2) is 4.98 Å². The number of aromatic nitrogens is 1. The maximum absolute atomic E-state index is 12.6. The van der Waals surface area contributed by atoms with Gasteiger partial charge in [0.15, 0.2) is 0 Å². The van der Waals surface area contributed by atoms with E-state index in [-0.39, 0.29) is 5.82 Å². The number of hydrogen-bond acceptors (Lipinski definition) is 1. The van der Waals surface area contributed by atoms with Crippen molar-refractivity contribution in [1.82, 2.24) is 4.98 Å². The van der Waals surface area contributed by atoms with Gasteiger partial charge in [-0.05, 0) is 12.1 Å². The Morgan fingerprint density at radius 3 is 2.91 bits per heavy atom. The molecule has 0 aliphatic heterocycles. The molecule has 0 N–H and O–H groups in total. The Labute approximate surface area is 63.5 Å². The Morgan fingerprint density at radius 2 is 2.00 bits per heavy atom. The molecule has 11 heavy (non-hydrogen) atoms. The van der Waals surface area contributed by atoms with E-state index in [2.05, 4.69) is 4.98 Å². The van der Waals surface area contributed by atoms with Gasteiger partial charge in [0.1, 0.15) is 5.82 Å². The zero-order valence-corrected chi connectivity index (χ0v) is 5.79. The highest BCUT2D eigenvalue weighted by atomic mass is 19.1. The molecule has 1 aromatic heterocycles. The Morgan fingerprint density at radius 1 is 1.18 bits per heavy atom. The lowest BCUT2D eigenvalue weighted by molar-refractivity contribution is 0.624. The third kappa shape index (κ3) is 1.07. The lowest BCUT2D eigenvalue weighted by Gasteiger charge is -1.93.